The molecule has 0 aromatic carbocycles. The zero-order valence-electron chi connectivity index (χ0n) is 18.3. The van der Waals surface area contributed by atoms with Crippen LogP contribution in [0, 0.1) is 17.2 Å². The van der Waals surface area contributed by atoms with Gasteiger partial charge in [-0.1, -0.05) is 24.7 Å². The van der Waals surface area contributed by atoms with Crippen molar-refractivity contribution in [2.45, 2.75) is 64.1 Å². The third-order valence-electron chi connectivity index (χ3n) is 6.03. The van der Waals surface area contributed by atoms with Crippen LogP contribution in [0.1, 0.15) is 50.3 Å². The number of hydrogen-bond donors (Lipinski definition) is 4. The van der Waals surface area contributed by atoms with E-state index in [9.17, 15) is 5.11 Å². The van der Waals surface area contributed by atoms with Gasteiger partial charge in [0.2, 0.25) is 5.95 Å². The smallest absolute Gasteiger partial charge is 0.216 e. The Balaban J connectivity index is 1.53. The summed E-state index contributed by atoms with van der Waals surface area (Å²) in [5.41, 5.74) is 0.799. The molecule has 170 valence electrons. The molecule has 3 atom stereocenters. The number of nitrogens with one attached hydrogen (secondary N) is 3. The molecule has 0 radical (unpaired) electrons. The Bertz CT molecular complexity index is 1060. The Morgan fingerprint density at radius 2 is 2.19 bits per heavy atom. The molecule has 3 heterocycles. The Labute approximate surface area is 191 Å². The monoisotopic (exact) mass is 454 g/mol. The van der Waals surface area contributed by atoms with E-state index in [4.69, 9.17) is 10.2 Å². The lowest BCUT2D eigenvalue weighted by Crippen LogP contribution is -2.34. The number of nitriles is 1. The predicted octanol–water partition coefficient (Wildman–Crippen LogP) is 3.67. The molecule has 3 aromatic heterocycles. The Hall–Kier alpha value is -2.74. The van der Waals surface area contributed by atoms with E-state index in [0.29, 0.717) is 35.5 Å². The van der Waals surface area contributed by atoms with Gasteiger partial charge in [0.1, 0.15) is 11.5 Å². The highest BCUT2D eigenvalue weighted by molar-refractivity contribution is 7.15. The SMILES string of the molecule is CCC1CCC(NCCC#N)CC(Nc2cc3nccn3c(Nc3ncc(CO)s3)n2)C1. The van der Waals surface area contributed by atoms with Crippen molar-refractivity contribution in [3.8, 4) is 6.07 Å². The summed E-state index contributed by atoms with van der Waals surface area (Å²) in [5, 5.41) is 29.3. The molecule has 1 fully saturated rings. The molecular weight excluding hydrogens is 424 g/mol. The molecule has 1 aliphatic rings. The molecule has 0 saturated heterocycles. The van der Waals surface area contributed by atoms with Crippen molar-refractivity contribution in [2.75, 3.05) is 17.2 Å². The second-order valence-corrected chi connectivity index (χ2v) is 9.37. The fourth-order valence-electron chi connectivity index (χ4n) is 4.35. The molecular formula is C22H30N8OS. The number of aliphatic hydroxyl groups excluding tert-OH is 1. The first-order valence-electron chi connectivity index (χ1n) is 11.2. The van der Waals surface area contributed by atoms with E-state index in [2.05, 4.69) is 38.9 Å². The first-order valence-corrected chi connectivity index (χ1v) is 12.0. The van der Waals surface area contributed by atoms with Crippen LogP contribution in [-0.4, -0.2) is 43.1 Å². The summed E-state index contributed by atoms with van der Waals surface area (Å²) in [6, 6.07) is 4.88. The molecule has 3 unspecified atom stereocenters. The topological polar surface area (TPSA) is 123 Å². The van der Waals surface area contributed by atoms with Crippen LogP contribution in [0.5, 0.6) is 0 Å². The van der Waals surface area contributed by atoms with Gasteiger partial charge in [0.25, 0.3) is 0 Å². The highest BCUT2D eigenvalue weighted by Gasteiger charge is 2.25. The van der Waals surface area contributed by atoms with Gasteiger partial charge in [-0.25, -0.2) is 9.97 Å². The maximum Gasteiger partial charge on any atom is 0.216 e. The number of rotatable bonds is 9. The van der Waals surface area contributed by atoms with Crippen molar-refractivity contribution in [1.82, 2.24) is 24.7 Å². The molecule has 0 amide bonds. The standard InChI is InChI=1S/C22H30N8OS/c1-2-15-4-5-16(24-7-3-6-23)11-17(10-15)27-19-12-20-25-8-9-30(20)21(28-19)29-22-26-13-18(14-31)32-22/h8-9,12-13,15-17,24,27,31H,2-5,7,10-11,14H2,1H3,(H,26,28,29). The third kappa shape index (κ3) is 5.54. The zero-order valence-corrected chi connectivity index (χ0v) is 19.1. The van der Waals surface area contributed by atoms with Gasteiger partial charge in [0.05, 0.1) is 17.6 Å². The molecule has 0 aliphatic heterocycles. The van der Waals surface area contributed by atoms with Crippen molar-refractivity contribution >= 4 is 33.9 Å². The van der Waals surface area contributed by atoms with Crippen LogP contribution in [0.4, 0.5) is 16.9 Å². The van der Waals surface area contributed by atoms with E-state index < -0.39 is 0 Å². The normalized spacial score (nSPS) is 21.2. The molecule has 0 bridgehead atoms. The number of fused-ring (bicyclic) bond motifs is 1. The van der Waals surface area contributed by atoms with E-state index in [1.165, 1.54) is 24.2 Å². The second-order valence-electron chi connectivity index (χ2n) is 8.26. The Morgan fingerprint density at radius 1 is 1.28 bits per heavy atom. The van der Waals surface area contributed by atoms with Crippen LogP contribution in [-0.2, 0) is 6.61 Å². The van der Waals surface area contributed by atoms with Crippen molar-refractivity contribution < 1.29 is 5.11 Å². The van der Waals surface area contributed by atoms with Crippen LogP contribution in [0.25, 0.3) is 5.65 Å². The van der Waals surface area contributed by atoms with Crippen LogP contribution in [0.15, 0.2) is 24.7 Å². The summed E-state index contributed by atoms with van der Waals surface area (Å²) in [5.74, 6) is 2.09. The molecule has 10 heteroatoms. The quantitative estimate of drug-likeness (QED) is 0.285. The molecule has 4 rings (SSSR count). The number of aromatic nitrogens is 4. The first kappa shape index (κ1) is 22.5. The fourth-order valence-corrected chi connectivity index (χ4v) is 5.02. The van der Waals surface area contributed by atoms with Crippen molar-refractivity contribution in [2.24, 2.45) is 5.92 Å². The van der Waals surface area contributed by atoms with E-state index in [-0.39, 0.29) is 6.61 Å². The van der Waals surface area contributed by atoms with Crippen molar-refractivity contribution in [1.29, 1.82) is 5.26 Å². The van der Waals surface area contributed by atoms with E-state index in [1.54, 1.807) is 12.4 Å². The maximum absolute atomic E-state index is 9.32. The Morgan fingerprint density at radius 3 is 2.97 bits per heavy atom. The minimum atomic E-state index is -0.0291. The molecule has 4 N–H and O–H groups in total. The summed E-state index contributed by atoms with van der Waals surface area (Å²) in [7, 11) is 0. The number of imidazole rings is 1. The van der Waals surface area contributed by atoms with Gasteiger partial charge in [-0.05, 0) is 31.6 Å². The first-order chi connectivity index (χ1) is 15.7. The van der Waals surface area contributed by atoms with Gasteiger partial charge in [0, 0.05) is 49.7 Å². The fraction of sp³-hybridized carbons (Fsp3) is 0.545. The summed E-state index contributed by atoms with van der Waals surface area (Å²) >= 11 is 1.40. The minimum absolute atomic E-state index is 0.0291. The number of nitrogens with zero attached hydrogens (tertiary/aromatic N) is 5. The summed E-state index contributed by atoms with van der Waals surface area (Å²) in [6.07, 6.45) is 11.4. The van der Waals surface area contributed by atoms with Crippen molar-refractivity contribution in [3.63, 3.8) is 0 Å². The van der Waals surface area contributed by atoms with Gasteiger partial charge < -0.3 is 21.1 Å². The molecule has 3 aromatic rings. The average molecular weight is 455 g/mol. The van der Waals surface area contributed by atoms with Gasteiger partial charge >= 0.3 is 0 Å². The number of anilines is 3. The average Bonchev–Trinajstić information content (AvgIpc) is 3.41. The maximum atomic E-state index is 9.32. The van der Waals surface area contributed by atoms with Gasteiger partial charge in [-0.2, -0.15) is 10.2 Å². The minimum Gasteiger partial charge on any atom is -0.391 e. The molecule has 1 aliphatic carbocycles. The van der Waals surface area contributed by atoms with Crippen LogP contribution >= 0.6 is 11.3 Å². The highest BCUT2D eigenvalue weighted by atomic mass is 32.1. The molecule has 1 saturated carbocycles. The lowest BCUT2D eigenvalue weighted by atomic mass is 9.95. The molecule has 32 heavy (non-hydrogen) atoms. The lowest BCUT2D eigenvalue weighted by molar-refractivity contribution is 0.285. The predicted molar refractivity (Wildman–Crippen MR) is 126 cm³/mol. The number of hydrogen-bond acceptors (Lipinski definition) is 9. The molecule has 0 spiro atoms. The largest absolute Gasteiger partial charge is 0.391 e. The second kappa shape index (κ2) is 10.7. The van der Waals surface area contributed by atoms with Crippen LogP contribution in [0.3, 0.4) is 0 Å². The van der Waals surface area contributed by atoms with E-state index in [1.807, 2.05) is 16.7 Å². The zero-order chi connectivity index (χ0) is 22.3. The van der Waals surface area contributed by atoms with E-state index >= 15 is 0 Å². The third-order valence-corrected chi connectivity index (χ3v) is 6.92. The van der Waals surface area contributed by atoms with Gasteiger partial charge in [0.15, 0.2) is 5.13 Å². The lowest BCUT2D eigenvalue weighted by Gasteiger charge is -2.23. The van der Waals surface area contributed by atoms with Crippen LogP contribution < -0.4 is 16.0 Å². The molecule has 9 nitrogen and oxygen atoms in total. The number of thiazole rings is 1. The van der Waals surface area contributed by atoms with Gasteiger partial charge in [-0.3, -0.25) is 4.40 Å². The highest BCUT2D eigenvalue weighted by Crippen LogP contribution is 2.29. The number of aliphatic hydroxyl groups is 1. The van der Waals surface area contributed by atoms with Crippen LogP contribution in [0.2, 0.25) is 0 Å². The summed E-state index contributed by atoms with van der Waals surface area (Å²) < 4.78 is 1.89. The van der Waals surface area contributed by atoms with E-state index in [0.717, 1.165) is 42.1 Å². The van der Waals surface area contributed by atoms with Gasteiger partial charge in [-0.15, -0.1) is 0 Å². The summed E-state index contributed by atoms with van der Waals surface area (Å²) in [6.45, 7) is 2.97. The Kier molecular flexibility index (Phi) is 7.52. The summed E-state index contributed by atoms with van der Waals surface area (Å²) in [4.78, 5) is 14.4. The van der Waals surface area contributed by atoms with Crippen molar-refractivity contribution in [3.05, 3.63) is 29.5 Å².